The van der Waals surface area contributed by atoms with Gasteiger partial charge in [0.15, 0.2) is 0 Å². The van der Waals surface area contributed by atoms with Crippen LogP contribution in [0.4, 0.5) is 0 Å². The van der Waals surface area contributed by atoms with E-state index in [0.29, 0.717) is 5.92 Å². The van der Waals surface area contributed by atoms with E-state index in [2.05, 4.69) is 37.1 Å². The largest absolute Gasteiger partial charge is 0.493 e. The van der Waals surface area contributed by atoms with Crippen molar-refractivity contribution in [1.82, 2.24) is 4.90 Å². The first-order chi connectivity index (χ1) is 8.69. The molecule has 0 saturated heterocycles. The van der Waals surface area contributed by atoms with Gasteiger partial charge in [-0.25, -0.2) is 0 Å². The first kappa shape index (κ1) is 13.4. The lowest BCUT2D eigenvalue weighted by atomic mass is 10.1. The number of rotatable bonds is 6. The minimum absolute atomic E-state index is 0.612. The van der Waals surface area contributed by atoms with Gasteiger partial charge in [0, 0.05) is 13.0 Å². The van der Waals surface area contributed by atoms with E-state index in [0.717, 1.165) is 38.4 Å². The standard InChI is InChI=1S/C15H24N2O/c1-12(10-16)5-7-17(2)11-13-3-4-15-14(9-13)6-8-18-15/h3-4,9,12H,5-8,10-11,16H2,1-2H3. The number of fused-ring (bicyclic) bond motifs is 1. The molecular formula is C15H24N2O. The van der Waals surface area contributed by atoms with Crippen LogP contribution >= 0.6 is 0 Å². The van der Waals surface area contributed by atoms with Crippen LogP contribution in [0.2, 0.25) is 0 Å². The first-order valence-electron chi connectivity index (χ1n) is 6.82. The van der Waals surface area contributed by atoms with Crippen molar-refractivity contribution < 1.29 is 4.74 Å². The molecule has 1 aromatic carbocycles. The number of nitrogens with two attached hydrogens (primary N) is 1. The number of benzene rings is 1. The Hall–Kier alpha value is -1.06. The number of hydrogen-bond donors (Lipinski definition) is 1. The maximum atomic E-state index is 5.64. The fraction of sp³-hybridized carbons (Fsp3) is 0.600. The van der Waals surface area contributed by atoms with Gasteiger partial charge < -0.3 is 15.4 Å². The normalized spacial score (nSPS) is 15.6. The average molecular weight is 248 g/mol. The van der Waals surface area contributed by atoms with Crippen molar-refractivity contribution in [3.8, 4) is 5.75 Å². The smallest absolute Gasteiger partial charge is 0.122 e. The van der Waals surface area contributed by atoms with E-state index in [1.54, 1.807) is 0 Å². The fourth-order valence-electron chi connectivity index (χ4n) is 2.29. The summed E-state index contributed by atoms with van der Waals surface area (Å²) in [6.45, 7) is 5.93. The molecule has 0 fully saturated rings. The van der Waals surface area contributed by atoms with Crippen LogP contribution in [0, 0.1) is 5.92 Å². The molecule has 2 N–H and O–H groups in total. The van der Waals surface area contributed by atoms with Crippen molar-refractivity contribution >= 4 is 0 Å². The molecule has 2 rings (SSSR count). The van der Waals surface area contributed by atoms with Crippen LogP contribution in [0.5, 0.6) is 5.75 Å². The zero-order valence-corrected chi connectivity index (χ0v) is 11.5. The summed E-state index contributed by atoms with van der Waals surface area (Å²) in [6.07, 6.45) is 2.22. The van der Waals surface area contributed by atoms with E-state index < -0.39 is 0 Å². The van der Waals surface area contributed by atoms with E-state index in [1.165, 1.54) is 17.5 Å². The second-order valence-corrected chi connectivity index (χ2v) is 5.41. The van der Waals surface area contributed by atoms with E-state index in [9.17, 15) is 0 Å². The zero-order valence-electron chi connectivity index (χ0n) is 11.5. The SMILES string of the molecule is CC(CN)CCN(C)Cc1ccc2c(c1)CCO2. The van der Waals surface area contributed by atoms with Crippen molar-refractivity contribution in [3.05, 3.63) is 29.3 Å². The van der Waals surface area contributed by atoms with E-state index in [-0.39, 0.29) is 0 Å². The Balaban J connectivity index is 1.85. The average Bonchev–Trinajstić information content (AvgIpc) is 2.83. The van der Waals surface area contributed by atoms with Gasteiger partial charge in [-0.2, -0.15) is 0 Å². The summed E-state index contributed by atoms with van der Waals surface area (Å²) in [5.74, 6) is 1.68. The third-order valence-corrected chi connectivity index (χ3v) is 3.61. The van der Waals surface area contributed by atoms with Crippen molar-refractivity contribution in [2.75, 3.05) is 26.7 Å². The Kier molecular flexibility index (Phi) is 4.61. The highest BCUT2D eigenvalue weighted by atomic mass is 16.5. The lowest BCUT2D eigenvalue weighted by Crippen LogP contribution is -2.23. The van der Waals surface area contributed by atoms with Gasteiger partial charge in [-0.1, -0.05) is 19.1 Å². The van der Waals surface area contributed by atoms with Crippen LogP contribution in [0.1, 0.15) is 24.5 Å². The predicted octanol–water partition coefficient (Wildman–Crippen LogP) is 2.04. The van der Waals surface area contributed by atoms with Gasteiger partial charge in [0.1, 0.15) is 5.75 Å². The molecule has 0 radical (unpaired) electrons. The highest BCUT2D eigenvalue weighted by molar-refractivity contribution is 5.39. The molecule has 1 atom stereocenters. The Bertz CT molecular complexity index is 392. The summed E-state index contributed by atoms with van der Waals surface area (Å²) >= 11 is 0. The Morgan fingerprint density at radius 2 is 2.28 bits per heavy atom. The van der Waals surface area contributed by atoms with Crippen molar-refractivity contribution in [3.63, 3.8) is 0 Å². The molecule has 3 heteroatoms. The second kappa shape index (κ2) is 6.21. The van der Waals surface area contributed by atoms with Gasteiger partial charge in [0.2, 0.25) is 0 Å². The molecule has 0 saturated carbocycles. The topological polar surface area (TPSA) is 38.5 Å². The molecule has 0 aromatic heterocycles. The molecule has 0 amide bonds. The Morgan fingerprint density at radius 1 is 1.44 bits per heavy atom. The van der Waals surface area contributed by atoms with Gasteiger partial charge in [0.05, 0.1) is 6.61 Å². The van der Waals surface area contributed by atoms with E-state index >= 15 is 0 Å². The van der Waals surface area contributed by atoms with Gasteiger partial charge >= 0.3 is 0 Å². The van der Waals surface area contributed by atoms with Gasteiger partial charge in [-0.15, -0.1) is 0 Å². The maximum Gasteiger partial charge on any atom is 0.122 e. The molecule has 1 aliphatic heterocycles. The van der Waals surface area contributed by atoms with Gasteiger partial charge in [-0.05, 0) is 49.7 Å². The third-order valence-electron chi connectivity index (χ3n) is 3.61. The highest BCUT2D eigenvalue weighted by Crippen LogP contribution is 2.26. The van der Waals surface area contributed by atoms with E-state index in [1.807, 2.05) is 0 Å². The summed E-state index contributed by atoms with van der Waals surface area (Å²) in [7, 11) is 2.17. The maximum absolute atomic E-state index is 5.64. The van der Waals surface area contributed by atoms with Crippen LogP contribution in [0.25, 0.3) is 0 Å². The molecule has 0 bridgehead atoms. The third kappa shape index (κ3) is 3.47. The number of hydrogen-bond acceptors (Lipinski definition) is 3. The highest BCUT2D eigenvalue weighted by Gasteiger charge is 2.12. The lowest BCUT2D eigenvalue weighted by molar-refractivity contribution is 0.300. The fourth-order valence-corrected chi connectivity index (χ4v) is 2.29. The molecule has 1 heterocycles. The minimum Gasteiger partial charge on any atom is -0.493 e. The molecule has 1 aromatic rings. The first-order valence-corrected chi connectivity index (χ1v) is 6.82. The monoisotopic (exact) mass is 248 g/mol. The zero-order chi connectivity index (χ0) is 13.0. The van der Waals surface area contributed by atoms with Crippen molar-refractivity contribution in [2.45, 2.75) is 26.3 Å². The summed E-state index contributed by atoms with van der Waals surface area (Å²) in [6, 6.07) is 6.56. The van der Waals surface area contributed by atoms with Crippen LogP contribution < -0.4 is 10.5 Å². The quantitative estimate of drug-likeness (QED) is 0.837. The molecule has 100 valence electrons. The molecule has 3 nitrogen and oxygen atoms in total. The Labute approximate surface area is 110 Å². The second-order valence-electron chi connectivity index (χ2n) is 5.41. The predicted molar refractivity (Wildman–Crippen MR) is 74.8 cm³/mol. The van der Waals surface area contributed by atoms with Crippen molar-refractivity contribution in [2.24, 2.45) is 11.7 Å². The van der Waals surface area contributed by atoms with Crippen LogP contribution in [-0.4, -0.2) is 31.6 Å². The molecule has 1 unspecified atom stereocenters. The van der Waals surface area contributed by atoms with Gasteiger partial charge in [0.25, 0.3) is 0 Å². The summed E-state index contributed by atoms with van der Waals surface area (Å²) in [5, 5.41) is 0. The molecular weight excluding hydrogens is 224 g/mol. The van der Waals surface area contributed by atoms with E-state index in [4.69, 9.17) is 10.5 Å². The van der Waals surface area contributed by atoms with Crippen LogP contribution in [0.3, 0.4) is 0 Å². The van der Waals surface area contributed by atoms with Crippen LogP contribution in [0.15, 0.2) is 18.2 Å². The summed E-state index contributed by atoms with van der Waals surface area (Å²) in [4.78, 5) is 2.36. The molecule has 0 spiro atoms. The van der Waals surface area contributed by atoms with Crippen molar-refractivity contribution in [1.29, 1.82) is 0 Å². The molecule has 0 aliphatic carbocycles. The minimum atomic E-state index is 0.612. The number of nitrogens with zero attached hydrogens (tertiary/aromatic N) is 1. The number of ether oxygens (including phenoxy) is 1. The Morgan fingerprint density at radius 3 is 3.06 bits per heavy atom. The molecule has 18 heavy (non-hydrogen) atoms. The van der Waals surface area contributed by atoms with Gasteiger partial charge in [-0.3, -0.25) is 0 Å². The molecule has 1 aliphatic rings. The van der Waals surface area contributed by atoms with Crippen LogP contribution in [-0.2, 0) is 13.0 Å². The lowest BCUT2D eigenvalue weighted by Gasteiger charge is -2.19. The summed E-state index contributed by atoms with van der Waals surface area (Å²) in [5.41, 5.74) is 8.37. The summed E-state index contributed by atoms with van der Waals surface area (Å²) < 4.78 is 5.52.